The van der Waals surface area contributed by atoms with Crippen LogP contribution in [0.1, 0.15) is 108 Å². The van der Waals surface area contributed by atoms with Gasteiger partial charge in [0.15, 0.2) is 0 Å². The molecule has 0 amide bonds. The molecular weight excluding hydrogens is 846 g/mol. The van der Waals surface area contributed by atoms with E-state index < -0.39 is 0 Å². The van der Waals surface area contributed by atoms with Crippen LogP contribution >= 0.6 is 0 Å². The molecule has 8 aromatic carbocycles. The van der Waals surface area contributed by atoms with E-state index in [1.165, 1.54) is 126 Å². The average molecular weight is 908 g/mol. The number of anilines is 7. The Hall–Kier alpha value is -6.78. The molecule has 4 aliphatic heterocycles. The lowest BCUT2D eigenvalue weighted by Gasteiger charge is -2.54. The maximum absolute atomic E-state index is 2.89. The summed E-state index contributed by atoms with van der Waals surface area (Å²) < 4.78 is 0. The third-order valence-electron chi connectivity index (χ3n) is 19.2. The number of fused-ring (bicyclic) bond motifs is 12. The molecule has 0 bridgehead atoms. The van der Waals surface area contributed by atoms with E-state index in [0.717, 1.165) is 19.3 Å². The zero-order valence-corrected chi connectivity index (χ0v) is 41.9. The third-order valence-corrected chi connectivity index (χ3v) is 19.2. The SMILES string of the molecule is CC(C)(C)c1ccc2c(c1)C1(C)CCCCC1(C)N2c1cc2c3c(c1)N1c4c(cccc4C4(C)CCc5ccccc5C14C)B3c1ccc(-c3ccccc3)cc1N2c1cccc(-c2ccccc2)c1. The van der Waals surface area contributed by atoms with Gasteiger partial charge >= 0.3 is 0 Å². The molecule has 344 valence electrons. The molecule has 0 radical (unpaired) electrons. The van der Waals surface area contributed by atoms with Gasteiger partial charge in [-0.25, -0.2) is 0 Å². The number of hydrogen-bond acceptors (Lipinski definition) is 3. The van der Waals surface area contributed by atoms with Crippen LogP contribution in [-0.2, 0) is 28.2 Å². The van der Waals surface area contributed by atoms with Crippen LogP contribution in [0.3, 0.4) is 0 Å². The van der Waals surface area contributed by atoms with Crippen LogP contribution in [-0.4, -0.2) is 12.3 Å². The molecule has 4 heterocycles. The Kier molecular flexibility index (Phi) is 8.67. The number of hydrogen-bond donors (Lipinski definition) is 0. The van der Waals surface area contributed by atoms with Crippen molar-refractivity contribution in [1.29, 1.82) is 0 Å². The highest BCUT2D eigenvalue weighted by Crippen LogP contribution is 2.66. The van der Waals surface area contributed by atoms with Gasteiger partial charge in [-0.3, -0.25) is 0 Å². The van der Waals surface area contributed by atoms with Crippen molar-refractivity contribution in [3.05, 3.63) is 204 Å². The van der Waals surface area contributed by atoms with Gasteiger partial charge in [-0.05, 0) is 148 Å². The van der Waals surface area contributed by atoms with Gasteiger partial charge in [0.1, 0.15) is 0 Å². The van der Waals surface area contributed by atoms with Gasteiger partial charge in [0, 0.05) is 50.6 Å². The molecule has 1 fully saturated rings. The Balaban J connectivity index is 1.11. The molecule has 6 aliphatic rings. The van der Waals surface area contributed by atoms with Crippen LogP contribution in [0.4, 0.5) is 39.8 Å². The molecular formula is C66H62BN3. The summed E-state index contributed by atoms with van der Waals surface area (Å²) in [4.78, 5) is 8.40. The summed E-state index contributed by atoms with van der Waals surface area (Å²) >= 11 is 0. The van der Waals surface area contributed by atoms with Crippen molar-refractivity contribution in [2.75, 3.05) is 14.7 Å². The van der Waals surface area contributed by atoms with E-state index in [-0.39, 0.29) is 34.0 Å². The van der Waals surface area contributed by atoms with Gasteiger partial charge in [-0.2, -0.15) is 0 Å². The molecule has 0 aromatic heterocycles. The van der Waals surface area contributed by atoms with Crippen molar-refractivity contribution in [1.82, 2.24) is 0 Å². The number of benzene rings is 8. The van der Waals surface area contributed by atoms with Crippen LogP contribution in [0.25, 0.3) is 22.3 Å². The molecule has 2 aliphatic carbocycles. The average Bonchev–Trinajstić information content (AvgIpc) is 3.73. The third kappa shape index (κ3) is 5.38. The molecule has 0 spiro atoms. The maximum Gasteiger partial charge on any atom is 0.252 e. The number of aryl methyl sites for hydroxylation is 1. The van der Waals surface area contributed by atoms with Gasteiger partial charge in [-0.1, -0.05) is 187 Å². The zero-order valence-electron chi connectivity index (χ0n) is 41.9. The molecule has 3 nitrogen and oxygen atoms in total. The second-order valence-electron chi connectivity index (χ2n) is 23.5. The van der Waals surface area contributed by atoms with E-state index in [9.17, 15) is 0 Å². The predicted octanol–water partition coefficient (Wildman–Crippen LogP) is 14.9. The fraction of sp³-hybridized carbons (Fsp3) is 0.273. The van der Waals surface area contributed by atoms with E-state index >= 15 is 0 Å². The minimum Gasteiger partial charge on any atom is -0.334 e. The van der Waals surface area contributed by atoms with E-state index in [1.807, 2.05) is 0 Å². The van der Waals surface area contributed by atoms with E-state index in [2.05, 4.69) is 239 Å². The topological polar surface area (TPSA) is 9.72 Å². The first-order valence-electron chi connectivity index (χ1n) is 26.1. The van der Waals surface area contributed by atoms with Crippen LogP contribution in [0.15, 0.2) is 176 Å². The lowest BCUT2D eigenvalue weighted by Crippen LogP contribution is -2.64. The summed E-state index contributed by atoms with van der Waals surface area (Å²) in [7, 11) is 0. The van der Waals surface area contributed by atoms with Crippen LogP contribution in [0.2, 0.25) is 0 Å². The fourth-order valence-corrected chi connectivity index (χ4v) is 15.1. The molecule has 1 saturated carbocycles. The molecule has 4 unspecified atom stereocenters. The lowest BCUT2D eigenvalue weighted by molar-refractivity contribution is 0.195. The number of para-hydroxylation sites is 1. The van der Waals surface area contributed by atoms with Gasteiger partial charge in [-0.15, -0.1) is 0 Å². The Morgan fingerprint density at radius 2 is 1.13 bits per heavy atom. The molecule has 4 heteroatoms. The van der Waals surface area contributed by atoms with Crippen molar-refractivity contribution in [3.63, 3.8) is 0 Å². The normalized spacial score (nSPS) is 24.3. The Morgan fingerprint density at radius 3 is 1.90 bits per heavy atom. The highest BCUT2D eigenvalue weighted by atomic mass is 15.3. The molecule has 70 heavy (non-hydrogen) atoms. The first-order valence-corrected chi connectivity index (χ1v) is 26.1. The molecule has 4 atom stereocenters. The van der Waals surface area contributed by atoms with Gasteiger partial charge < -0.3 is 14.7 Å². The summed E-state index contributed by atoms with van der Waals surface area (Å²) in [6.45, 7) is 17.6. The van der Waals surface area contributed by atoms with Crippen LogP contribution in [0.5, 0.6) is 0 Å². The first kappa shape index (κ1) is 42.1. The summed E-state index contributed by atoms with van der Waals surface area (Å²) in [5.74, 6) is 0. The molecule has 0 saturated heterocycles. The van der Waals surface area contributed by atoms with Gasteiger partial charge in [0.25, 0.3) is 6.71 Å². The lowest BCUT2D eigenvalue weighted by atomic mass is 9.33. The molecule has 8 aromatic rings. The van der Waals surface area contributed by atoms with Gasteiger partial charge in [0.05, 0.1) is 11.1 Å². The monoisotopic (exact) mass is 908 g/mol. The first-order chi connectivity index (χ1) is 33.8. The summed E-state index contributed by atoms with van der Waals surface area (Å²) in [5.41, 5.74) is 25.1. The number of rotatable bonds is 4. The smallest absolute Gasteiger partial charge is 0.252 e. The second kappa shape index (κ2) is 14.4. The van der Waals surface area contributed by atoms with Gasteiger partial charge in [0.2, 0.25) is 0 Å². The summed E-state index contributed by atoms with van der Waals surface area (Å²) in [6, 6.07) is 68.2. The van der Waals surface area contributed by atoms with E-state index in [1.54, 1.807) is 0 Å². The fourth-order valence-electron chi connectivity index (χ4n) is 15.1. The highest BCUT2D eigenvalue weighted by molar-refractivity contribution is 7.00. The van der Waals surface area contributed by atoms with Crippen molar-refractivity contribution >= 4 is 62.9 Å². The minimum atomic E-state index is -0.332. The standard InChI is InChI=1S/C66H62BN3/c1-62(2,3)48-31-33-56-53(40-48)63(4)35-16-17-36-65(63,6)69(56)50-41-58-60-59(42-50)70-61-52(64(5)37-34-45-24-14-15-27-51(45)66(64,70)7)28-19-29-55(61)67(60)54-32-30-47(44-22-12-9-13-23-44)39-57(54)68(58)49-26-18-25-46(38-49)43-20-10-8-11-21-43/h8-15,18-33,38-42H,16-17,34-37H2,1-7H3. The Morgan fingerprint density at radius 1 is 0.457 bits per heavy atom. The van der Waals surface area contributed by atoms with Crippen molar-refractivity contribution in [2.24, 2.45) is 0 Å². The summed E-state index contributed by atoms with van der Waals surface area (Å²) in [5, 5.41) is 0. The Bertz CT molecular complexity index is 3480. The van der Waals surface area contributed by atoms with Crippen molar-refractivity contribution in [3.8, 4) is 22.3 Å². The van der Waals surface area contributed by atoms with Crippen molar-refractivity contribution < 1.29 is 0 Å². The summed E-state index contributed by atoms with van der Waals surface area (Å²) in [6.07, 6.45) is 6.99. The Labute approximate surface area is 415 Å². The predicted molar refractivity (Wildman–Crippen MR) is 296 cm³/mol. The van der Waals surface area contributed by atoms with Crippen LogP contribution in [0, 0.1) is 0 Å². The minimum absolute atomic E-state index is 0.0152. The largest absolute Gasteiger partial charge is 0.334 e. The number of nitrogens with zero attached hydrogens (tertiary/aromatic N) is 3. The zero-order chi connectivity index (χ0) is 47.5. The molecule has 14 rings (SSSR count). The van der Waals surface area contributed by atoms with Crippen LogP contribution < -0.4 is 31.1 Å². The van der Waals surface area contributed by atoms with E-state index in [0.29, 0.717) is 0 Å². The van der Waals surface area contributed by atoms with Crippen molar-refractivity contribution in [2.45, 2.75) is 114 Å². The van der Waals surface area contributed by atoms with E-state index in [4.69, 9.17) is 0 Å². The highest BCUT2D eigenvalue weighted by Gasteiger charge is 2.64. The second-order valence-corrected chi connectivity index (χ2v) is 23.5. The maximum atomic E-state index is 2.89. The quantitative estimate of drug-likeness (QED) is 0.163. The molecule has 0 N–H and O–H groups in total.